The van der Waals surface area contributed by atoms with Gasteiger partial charge in [-0.05, 0) is 12.8 Å². The Hall–Kier alpha value is -0.0800. The summed E-state index contributed by atoms with van der Waals surface area (Å²) in [6.07, 6.45) is 10.6. The van der Waals surface area contributed by atoms with Crippen LogP contribution in [0.2, 0.25) is 0 Å². The Kier molecular flexibility index (Phi) is 11.9. The van der Waals surface area contributed by atoms with E-state index in [4.69, 9.17) is 9.84 Å². The third kappa shape index (κ3) is 11.8. The van der Waals surface area contributed by atoms with Crippen molar-refractivity contribution in [1.82, 2.24) is 0 Å². The summed E-state index contributed by atoms with van der Waals surface area (Å²) >= 11 is 0. The molecule has 0 aromatic carbocycles. The van der Waals surface area contributed by atoms with Crippen molar-refractivity contribution in [2.45, 2.75) is 77.9 Å². The Bertz CT molecular complexity index is 115. The second-order valence-electron chi connectivity index (χ2n) is 4.21. The highest BCUT2D eigenvalue weighted by Gasteiger charge is 1.98. The maximum Gasteiger partial charge on any atom is 0.154 e. The van der Waals surface area contributed by atoms with Gasteiger partial charge in [0.1, 0.15) is 0 Å². The van der Waals surface area contributed by atoms with Crippen LogP contribution in [0.1, 0.15) is 71.6 Å². The molecular formula is C13H28O2. The molecule has 0 radical (unpaired) electrons. The summed E-state index contributed by atoms with van der Waals surface area (Å²) in [4.78, 5) is 0. The molecule has 0 aliphatic heterocycles. The lowest BCUT2D eigenvalue weighted by Gasteiger charge is -2.08. The van der Waals surface area contributed by atoms with Crippen LogP contribution in [0.5, 0.6) is 0 Å². The van der Waals surface area contributed by atoms with Crippen LogP contribution in [-0.2, 0) is 4.74 Å². The van der Waals surface area contributed by atoms with Crippen molar-refractivity contribution < 1.29 is 9.84 Å². The number of rotatable bonds is 11. The number of hydrogen-bond donors (Lipinski definition) is 1. The van der Waals surface area contributed by atoms with Gasteiger partial charge in [0.2, 0.25) is 0 Å². The SMILES string of the molecule is CCCCCCCCCCOC(O)CC. The topological polar surface area (TPSA) is 29.5 Å². The first-order chi connectivity index (χ1) is 7.31. The molecule has 2 heteroatoms. The van der Waals surface area contributed by atoms with Crippen molar-refractivity contribution in [3.63, 3.8) is 0 Å². The van der Waals surface area contributed by atoms with Crippen molar-refractivity contribution in [2.24, 2.45) is 0 Å². The van der Waals surface area contributed by atoms with Gasteiger partial charge in [-0.3, -0.25) is 0 Å². The lowest BCUT2D eigenvalue weighted by molar-refractivity contribution is -0.101. The van der Waals surface area contributed by atoms with Crippen molar-refractivity contribution in [2.75, 3.05) is 6.61 Å². The summed E-state index contributed by atoms with van der Waals surface area (Å²) in [6, 6.07) is 0. The van der Waals surface area contributed by atoms with Crippen LogP contribution in [0.3, 0.4) is 0 Å². The van der Waals surface area contributed by atoms with Crippen LogP contribution in [0, 0.1) is 0 Å². The monoisotopic (exact) mass is 216 g/mol. The molecule has 0 aliphatic carbocycles. The smallest absolute Gasteiger partial charge is 0.154 e. The van der Waals surface area contributed by atoms with Gasteiger partial charge in [0.15, 0.2) is 6.29 Å². The molecule has 0 aromatic heterocycles. The Morgan fingerprint density at radius 3 is 1.93 bits per heavy atom. The van der Waals surface area contributed by atoms with Gasteiger partial charge in [-0.1, -0.05) is 58.8 Å². The minimum absolute atomic E-state index is 0.547. The fourth-order valence-electron chi connectivity index (χ4n) is 1.57. The maximum atomic E-state index is 9.14. The van der Waals surface area contributed by atoms with E-state index in [0.717, 1.165) is 6.42 Å². The average molecular weight is 216 g/mol. The van der Waals surface area contributed by atoms with E-state index in [1.165, 1.54) is 44.9 Å². The molecule has 0 aromatic rings. The second-order valence-corrected chi connectivity index (χ2v) is 4.21. The van der Waals surface area contributed by atoms with Crippen LogP contribution in [0.25, 0.3) is 0 Å². The van der Waals surface area contributed by atoms with Crippen LogP contribution in [-0.4, -0.2) is 18.0 Å². The van der Waals surface area contributed by atoms with Crippen LogP contribution in [0.15, 0.2) is 0 Å². The third-order valence-corrected chi connectivity index (χ3v) is 2.66. The first kappa shape index (κ1) is 14.9. The molecule has 0 aliphatic rings. The first-order valence-corrected chi connectivity index (χ1v) is 6.61. The van der Waals surface area contributed by atoms with Gasteiger partial charge >= 0.3 is 0 Å². The van der Waals surface area contributed by atoms with E-state index in [2.05, 4.69) is 6.92 Å². The predicted octanol–water partition coefficient (Wildman–Crippen LogP) is 3.87. The largest absolute Gasteiger partial charge is 0.368 e. The lowest BCUT2D eigenvalue weighted by atomic mass is 10.1. The number of aliphatic hydroxyl groups excluding tert-OH is 1. The van der Waals surface area contributed by atoms with E-state index in [-0.39, 0.29) is 0 Å². The molecule has 1 atom stereocenters. The maximum absolute atomic E-state index is 9.14. The van der Waals surface area contributed by atoms with Crippen LogP contribution >= 0.6 is 0 Å². The summed E-state index contributed by atoms with van der Waals surface area (Å²) in [5.41, 5.74) is 0. The molecule has 0 rings (SSSR count). The molecule has 0 saturated heterocycles. The molecule has 0 heterocycles. The molecule has 1 unspecified atom stereocenters. The molecule has 0 amide bonds. The van der Waals surface area contributed by atoms with Gasteiger partial charge in [0.25, 0.3) is 0 Å². The number of ether oxygens (including phenoxy) is 1. The molecule has 0 spiro atoms. The van der Waals surface area contributed by atoms with Gasteiger partial charge in [-0.25, -0.2) is 0 Å². The molecule has 0 saturated carbocycles. The normalized spacial score (nSPS) is 13.0. The Morgan fingerprint density at radius 2 is 1.40 bits per heavy atom. The van der Waals surface area contributed by atoms with Gasteiger partial charge in [0, 0.05) is 6.61 Å². The van der Waals surface area contributed by atoms with E-state index >= 15 is 0 Å². The average Bonchev–Trinajstić information content (AvgIpc) is 2.26. The van der Waals surface area contributed by atoms with Gasteiger partial charge in [-0.2, -0.15) is 0 Å². The van der Waals surface area contributed by atoms with E-state index in [1.807, 2.05) is 6.92 Å². The fraction of sp³-hybridized carbons (Fsp3) is 1.00. The minimum Gasteiger partial charge on any atom is -0.368 e. The van der Waals surface area contributed by atoms with E-state index in [1.54, 1.807) is 0 Å². The molecule has 0 fully saturated rings. The zero-order valence-corrected chi connectivity index (χ0v) is 10.5. The third-order valence-electron chi connectivity index (χ3n) is 2.66. The second kappa shape index (κ2) is 12.0. The Labute approximate surface area is 95.0 Å². The molecule has 15 heavy (non-hydrogen) atoms. The summed E-state index contributed by atoms with van der Waals surface area (Å²) < 4.78 is 5.19. The van der Waals surface area contributed by atoms with Crippen molar-refractivity contribution in [1.29, 1.82) is 0 Å². The highest BCUT2D eigenvalue weighted by molar-refractivity contribution is 4.46. The quantitative estimate of drug-likeness (QED) is 0.419. The van der Waals surface area contributed by atoms with Crippen LogP contribution < -0.4 is 0 Å². The van der Waals surface area contributed by atoms with E-state index in [0.29, 0.717) is 13.0 Å². The van der Waals surface area contributed by atoms with Crippen LogP contribution in [0.4, 0.5) is 0 Å². The standard InChI is InChI=1S/C13H28O2/c1-3-5-6-7-8-9-10-11-12-15-13(14)4-2/h13-14H,3-12H2,1-2H3. The fourth-order valence-corrected chi connectivity index (χ4v) is 1.57. The number of aliphatic hydroxyl groups is 1. The Morgan fingerprint density at radius 1 is 0.867 bits per heavy atom. The van der Waals surface area contributed by atoms with E-state index in [9.17, 15) is 0 Å². The van der Waals surface area contributed by atoms with Gasteiger partial charge in [-0.15, -0.1) is 0 Å². The lowest BCUT2D eigenvalue weighted by Crippen LogP contribution is -2.10. The molecule has 0 bridgehead atoms. The summed E-state index contributed by atoms with van der Waals surface area (Å²) in [5, 5.41) is 9.14. The van der Waals surface area contributed by atoms with Crippen molar-refractivity contribution in [3.05, 3.63) is 0 Å². The van der Waals surface area contributed by atoms with Crippen molar-refractivity contribution >= 4 is 0 Å². The zero-order chi connectivity index (χ0) is 11.4. The van der Waals surface area contributed by atoms with E-state index < -0.39 is 6.29 Å². The summed E-state index contributed by atoms with van der Waals surface area (Å²) in [6.45, 7) is 4.89. The molecule has 2 nitrogen and oxygen atoms in total. The summed E-state index contributed by atoms with van der Waals surface area (Å²) in [7, 11) is 0. The first-order valence-electron chi connectivity index (χ1n) is 6.61. The Balaban J connectivity index is 2.92. The highest BCUT2D eigenvalue weighted by Crippen LogP contribution is 2.08. The molecule has 1 N–H and O–H groups in total. The predicted molar refractivity (Wildman–Crippen MR) is 64.9 cm³/mol. The molecular weight excluding hydrogens is 188 g/mol. The van der Waals surface area contributed by atoms with Gasteiger partial charge in [0.05, 0.1) is 0 Å². The minimum atomic E-state index is -0.547. The summed E-state index contributed by atoms with van der Waals surface area (Å²) in [5.74, 6) is 0. The number of unbranched alkanes of at least 4 members (excludes halogenated alkanes) is 7. The van der Waals surface area contributed by atoms with Crippen molar-refractivity contribution in [3.8, 4) is 0 Å². The highest BCUT2D eigenvalue weighted by atomic mass is 16.6. The number of hydrogen-bond acceptors (Lipinski definition) is 2. The zero-order valence-electron chi connectivity index (χ0n) is 10.5. The van der Waals surface area contributed by atoms with Gasteiger partial charge < -0.3 is 9.84 Å². The molecule has 92 valence electrons.